The van der Waals surface area contributed by atoms with Crippen molar-refractivity contribution in [3.63, 3.8) is 0 Å². The summed E-state index contributed by atoms with van der Waals surface area (Å²) in [6, 6.07) is 8.59. The lowest BCUT2D eigenvalue weighted by molar-refractivity contribution is -0.149. The highest BCUT2D eigenvalue weighted by atomic mass is 16.5. The molecule has 4 rings (SSSR count). The second-order valence-electron chi connectivity index (χ2n) is 5.95. The Labute approximate surface area is 119 Å². The van der Waals surface area contributed by atoms with Crippen LogP contribution in [0.2, 0.25) is 0 Å². The van der Waals surface area contributed by atoms with Gasteiger partial charge in [0, 0.05) is 19.1 Å². The fraction of sp³-hybridized carbons (Fsp3) is 0.562. The normalized spacial score (nSPS) is 29.4. The predicted molar refractivity (Wildman–Crippen MR) is 75.7 cm³/mol. The van der Waals surface area contributed by atoms with Gasteiger partial charge in [-0.15, -0.1) is 0 Å². The van der Waals surface area contributed by atoms with E-state index in [9.17, 15) is 9.90 Å². The van der Waals surface area contributed by atoms with Gasteiger partial charge >= 0.3 is 5.97 Å². The Kier molecular flexibility index (Phi) is 3.66. The van der Waals surface area contributed by atoms with Crippen molar-refractivity contribution in [2.75, 3.05) is 13.7 Å². The van der Waals surface area contributed by atoms with Crippen LogP contribution in [0.4, 0.5) is 0 Å². The number of piperidine rings is 2. The van der Waals surface area contributed by atoms with Gasteiger partial charge in [0.15, 0.2) is 0 Å². The number of benzene rings is 1. The van der Waals surface area contributed by atoms with Crippen LogP contribution in [-0.4, -0.2) is 35.7 Å². The van der Waals surface area contributed by atoms with Gasteiger partial charge in [-0.2, -0.15) is 0 Å². The number of hydrogen-bond donors (Lipinski definition) is 1. The van der Waals surface area contributed by atoms with Gasteiger partial charge in [-0.1, -0.05) is 12.1 Å². The minimum absolute atomic E-state index is 0.124. The molecule has 0 amide bonds. The zero-order valence-electron chi connectivity index (χ0n) is 11.8. The Hall–Kier alpha value is -1.55. The Balaban J connectivity index is 1.66. The molecule has 1 aromatic rings. The molecule has 0 spiro atoms. The molecule has 1 N–H and O–H groups in total. The van der Waals surface area contributed by atoms with Crippen LogP contribution in [0.3, 0.4) is 0 Å². The van der Waals surface area contributed by atoms with Crippen LogP contribution in [0.15, 0.2) is 24.3 Å². The maximum atomic E-state index is 11.2. The number of carboxylic acids is 1. The zero-order valence-corrected chi connectivity index (χ0v) is 11.8. The molecule has 0 radical (unpaired) electrons. The van der Waals surface area contributed by atoms with Gasteiger partial charge < -0.3 is 9.84 Å². The molecule has 2 bridgehead atoms. The number of methoxy groups -OCH3 is 1. The average Bonchev–Trinajstić information content (AvgIpc) is 2.48. The SMILES string of the molecule is COc1ccc(CN2CC3CCC2CC3C(=O)O)cc1. The van der Waals surface area contributed by atoms with Crippen LogP contribution in [0.5, 0.6) is 5.75 Å². The molecule has 4 nitrogen and oxygen atoms in total. The van der Waals surface area contributed by atoms with Crippen LogP contribution in [0, 0.1) is 11.8 Å². The van der Waals surface area contributed by atoms with E-state index < -0.39 is 5.97 Å². The number of nitrogens with zero attached hydrogens (tertiary/aromatic N) is 1. The van der Waals surface area contributed by atoms with Gasteiger partial charge in [0.2, 0.25) is 0 Å². The lowest BCUT2D eigenvalue weighted by atomic mass is 9.72. The monoisotopic (exact) mass is 275 g/mol. The van der Waals surface area contributed by atoms with Crippen molar-refractivity contribution in [1.29, 1.82) is 0 Å². The Bertz CT molecular complexity index is 485. The van der Waals surface area contributed by atoms with Crippen LogP contribution < -0.4 is 4.74 Å². The summed E-state index contributed by atoms with van der Waals surface area (Å²) in [5, 5.41) is 9.26. The van der Waals surface area contributed by atoms with Gasteiger partial charge in [0.05, 0.1) is 13.0 Å². The third-order valence-electron chi connectivity index (χ3n) is 4.81. The molecule has 2 aliphatic heterocycles. The van der Waals surface area contributed by atoms with Crippen LogP contribution in [0.25, 0.3) is 0 Å². The molecule has 3 aliphatic rings. The van der Waals surface area contributed by atoms with Crippen molar-refractivity contribution >= 4 is 5.97 Å². The van der Waals surface area contributed by atoms with Crippen LogP contribution >= 0.6 is 0 Å². The van der Waals surface area contributed by atoms with E-state index in [4.69, 9.17) is 4.74 Å². The van der Waals surface area contributed by atoms with E-state index in [1.54, 1.807) is 7.11 Å². The molecular formula is C16H21NO3. The van der Waals surface area contributed by atoms with E-state index in [1.165, 1.54) is 5.56 Å². The largest absolute Gasteiger partial charge is 0.497 e. The Morgan fingerprint density at radius 2 is 2.10 bits per heavy atom. The molecule has 3 atom stereocenters. The number of aliphatic carboxylic acids is 1. The third kappa shape index (κ3) is 2.52. The number of carboxylic acid groups (broad SMARTS) is 1. The summed E-state index contributed by atoms with van der Waals surface area (Å²) in [5.74, 6) is 0.472. The maximum Gasteiger partial charge on any atom is 0.306 e. The molecule has 108 valence electrons. The minimum Gasteiger partial charge on any atom is -0.497 e. The highest BCUT2D eigenvalue weighted by Gasteiger charge is 2.43. The van der Waals surface area contributed by atoms with E-state index in [1.807, 2.05) is 12.1 Å². The van der Waals surface area contributed by atoms with E-state index in [2.05, 4.69) is 17.0 Å². The second-order valence-corrected chi connectivity index (χ2v) is 5.95. The molecule has 1 saturated carbocycles. The van der Waals surface area contributed by atoms with Crippen molar-refractivity contribution in [3.05, 3.63) is 29.8 Å². The van der Waals surface area contributed by atoms with Crippen molar-refractivity contribution < 1.29 is 14.6 Å². The summed E-state index contributed by atoms with van der Waals surface area (Å²) in [5.41, 5.74) is 1.27. The first-order valence-corrected chi connectivity index (χ1v) is 7.27. The van der Waals surface area contributed by atoms with Gasteiger partial charge in [0.25, 0.3) is 0 Å². The fourth-order valence-corrected chi connectivity index (χ4v) is 3.67. The summed E-state index contributed by atoms with van der Waals surface area (Å²) in [6.07, 6.45) is 3.03. The number of hydrogen-bond acceptors (Lipinski definition) is 3. The summed E-state index contributed by atoms with van der Waals surface area (Å²) in [4.78, 5) is 13.7. The van der Waals surface area contributed by atoms with Crippen LogP contribution in [-0.2, 0) is 11.3 Å². The quantitative estimate of drug-likeness (QED) is 0.916. The van der Waals surface area contributed by atoms with Crippen molar-refractivity contribution in [2.24, 2.45) is 11.8 Å². The molecule has 2 heterocycles. The topological polar surface area (TPSA) is 49.8 Å². The zero-order chi connectivity index (χ0) is 14.1. The number of fused-ring (bicyclic) bond motifs is 3. The minimum atomic E-state index is -0.608. The first-order chi connectivity index (χ1) is 9.67. The summed E-state index contributed by atoms with van der Waals surface area (Å²) in [6.45, 7) is 1.84. The van der Waals surface area contributed by atoms with Gasteiger partial charge in [-0.05, 0) is 42.9 Å². The van der Waals surface area contributed by atoms with Crippen LogP contribution in [0.1, 0.15) is 24.8 Å². The second kappa shape index (κ2) is 5.44. The van der Waals surface area contributed by atoms with Crippen molar-refractivity contribution in [1.82, 2.24) is 4.90 Å². The standard InChI is InChI=1S/C16H21NO3/c1-20-14-6-2-11(3-7-14)9-17-10-12-4-5-13(17)8-15(12)16(18)19/h2-3,6-7,12-13,15H,4-5,8-10H2,1H3,(H,18,19). The number of rotatable bonds is 4. The number of carbonyl (C=O) groups is 1. The molecule has 2 saturated heterocycles. The lowest BCUT2D eigenvalue weighted by Crippen LogP contribution is -2.53. The fourth-order valence-electron chi connectivity index (χ4n) is 3.67. The lowest BCUT2D eigenvalue weighted by Gasteiger charge is -2.48. The van der Waals surface area contributed by atoms with Crippen molar-refractivity contribution in [3.8, 4) is 5.75 Å². The average molecular weight is 275 g/mol. The molecule has 4 heteroatoms. The van der Waals surface area contributed by atoms with Crippen molar-refractivity contribution in [2.45, 2.75) is 31.8 Å². The van der Waals surface area contributed by atoms with Gasteiger partial charge in [-0.3, -0.25) is 9.69 Å². The summed E-state index contributed by atoms with van der Waals surface area (Å²) in [7, 11) is 1.67. The molecule has 20 heavy (non-hydrogen) atoms. The maximum absolute atomic E-state index is 11.2. The summed E-state index contributed by atoms with van der Waals surface area (Å²) >= 11 is 0. The van der Waals surface area contributed by atoms with Gasteiger partial charge in [-0.25, -0.2) is 0 Å². The molecule has 3 fully saturated rings. The molecule has 3 unspecified atom stereocenters. The summed E-state index contributed by atoms with van der Waals surface area (Å²) < 4.78 is 5.17. The van der Waals surface area contributed by atoms with E-state index in [0.717, 1.165) is 38.1 Å². The first-order valence-electron chi connectivity index (χ1n) is 7.27. The Morgan fingerprint density at radius 1 is 1.35 bits per heavy atom. The number of ether oxygens (including phenoxy) is 1. The predicted octanol–water partition coefficient (Wildman–Crippen LogP) is 2.38. The molecule has 0 aromatic heterocycles. The molecular weight excluding hydrogens is 254 g/mol. The highest BCUT2D eigenvalue weighted by molar-refractivity contribution is 5.70. The van der Waals surface area contributed by atoms with Gasteiger partial charge in [0.1, 0.15) is 5.75 Å². The van der Waals surface area contributed by atoms with E-state index >= 15 is 0 Å². The molecule has 1 aliphatic carbocycles. The smallest absolute Gasteiger partial charge is 0.306 e. The highest BCUT2D eigenvalue weighted by Crippen LogP contribution is 2.40. The Morgan fingerprint density at radius 3 is 2.65 bits per heavy atom. The first kappa shape index (κ1) is 13.4. The van der Waals surface area contributed by atoms with E-state index in [-0.39, 0.29) is 5.92 Å². The molecule has 1 aromatic carbocycles. The third-order valence-corrected chi connectivity index (χ3v) is 4.81. The van der Waals surface area contributed by atoms with E-state index in [0.29, 0.717) is 12.0 Å².